The number of Topliss-reactive ketones (excluding diaryl/α,β-unsaturated/α-hetero) is 1. The second-order valence-electron chi connectivity index (χ2n) is 11.0. The lowest BCUT2D eigenvalue weighted by Gasteiger charge is -2.12. The number of fused-ring (bicyclic) bond motifs is 2. The Hall–Kier alpha value is -6.35. The molecule has 0 aliphatic heterocycles. The summed E-state index contributed by atoms with van der Waals surface area (Å²) < 4.78 is 21.8. The highest BCUT2D eigenvalue weighted by molar-refractivity contribution is 6.02. The molecule has 0 N–H and O–H groups in total. The number of benzene rings is 5. The molecule has 0 aromatic heterocycles. The van der Waals surface area contributed by atoms with Crippen molar-refractivity contribution in [2.45, 2.75) is 27.2 Å². The van der Waals surface area contributed by atoms with E-state index in [2.05, 4.69) is 13.2 Å². The van der Waals surface area contributed by atoms with Crippen LogP contribution in [0.15, 0.2) is 115 Å². The summed E-state index contributed by atoms with van der Waals surface area (Å²) in [6, 6.07) is 24.0. The van der Waals surface area contributed by atoms with Crippen molar-refractivity contribution in [3.63, 3.8) is 0 Å². The number of esters is 4. The number of hydrogen-bond acceptors (Lipinski definition) is 9. The standard InChI is InChI=1S/C39H30O9/c1-6-34(40)33-21-32(47-38(43)28-9-7-26-19-30(13-11-24(26)17-28)45-36(41)22(2)3)15-16-35(33)48-39(44)29-10-8-27-20-31(14-12-25(27)18-29)46-37(42)23(4)5/h7-21H,2,4,6H2,1,3,5H3. The Morgan fingerprint density at radius 3 is 1.42 bits per heavy atom. The van der Waals surface area contributed by atoms with Gasteiger partial charge in [-0.05, 0) is 102 Å². The molecule has 9 nitrogen and oxygen atoms in total. The van der Waals surface area contributed by atoms with E-state index >= 15 is 0 Å². The van der Waals surface area contributed by atoms with Crippen LogP contribution in [0.1, 0.15) is 58.3 Å². The summed E-state index contributed by atoms with van der Waals surface area (Å²) in [5.41, 5.74) is 1.11. The summed E-state index contributed by atoms with van der Waals surface area (Å²) in [4.78, 5) is 62.7. The average molecular weight is 643 g/mol. The zero-order valence-electron chi connectivity index (χ0n) is 26.5. The Balaban J connectivity index is 1.31. The van der Waals surface area contributed by atoms with Crippen LogP contribution in [0, 0.1) is 0 Å². The number of ether oxygens (including phenoxy) is 4. The van der Waals surface area contributed by atoms with E-state index in [1.807, 2.05) is 0 Å². The van der Waals surface area contributed by atoms with Gasteiger partial charge in [0.25, 0.3) is 0 Å². The van der Waals surface area contributed by atoms with Gasteiger partial charge >= 0.3 is 23.9 Å². The monoisotopic (exact) mass is 642 g/mol. The maximum atomic E-state index is 13.1. The first-order chi connectivity index (χ1) is 22.9. The SMILES string of the molecule is C=C(C)C(=O)Oc1ccc2cc(C(=O)Oc3ccc(OC(=O)c4ccc5cc(OC(=O)C(=C)C)ccc5c4)c(C(=O)CC)c3)ccc2c1. The second kappa shape index (κ2) is 14.0. The number of carbonyl (C=O) groups is 5. The predicted octanol–water partition coefficient (Wildman–Crippen LogP) is 7.99. The molecule has 0 bridgehead atoms. The fourth-order valence-corrected chi connectivity index (χ4v) is 4.61. The molecule has 0 aliphatic rings. The van der Waals surface area contributed by atoms with E-state index in [1.165, 1.54) is 18.2 Å². The van der Waals surface area contributed by atoms with Crippen molar-refractivity contribution in [2.24, 2.45) is 0 Å². The van der Waals surface area contributed by atoms with Gasteiger partial charge in [-0.1, -0.05) is 44.3 Å². The van der Waals surface area contributed by atoms with Crippen molar-refractivity contribution < 1.29 is 42.9 Å². The van der Waals surface area contributed by atoms with Gasteiger partial charge in [0, 0.05) is 17.6 Å². The Labute approximate surface area is 276 Å². The highest BCUT2D eigenvalue weighted by Crippen LogP contribution is 2.29. The third-order valence-corrected chi connectivity index (χ3v) is 7.20. The van der Waals surface area contributed by atoms with Gasteiger partial charge in [-0.3, -0.25) is 4.79 Å². The molecule has 48 heavy (non-hydrogen) atoms. The number of hydrogen-bond donors (Lipinski definition) is 0. The minimum Gasteiger partial charge on any atom is -0.423 e. The van der Waals surface area contributed by atoms with Gasteiger partial charge in [0.05, 0.1) is 16.7 Å². The van der Waals surface area contributed by atoms with Crippen molar-refractivity contribution in [1.29, 1.82) is 0 Å². The zero-order valence-corrected chi connectivity index (χ0v) is 26.5. The maximum Gasteiger partial charge on any atom is 0.343 e. The zero-order chi connectivity index (χ0) is 34.5. The molecule has 0 fully saturated rings. The number of ketones is 1. The lowest BCUT2D eigenvalue weighted by Crippen LogP contribution is -2.13. The summed E-state index contributed by atoms with van der Waals surface area (Å²) in [6.45, 7) is 11.9. The molecule has 0 aliphatic carbocycles. The van der Waals surface area contributed by atoms with Crippen LogP contribution >= 0.6 is 0 Å². The quantitative estimate of drug-likeness (QED) is 0.0646. The largest absolute Gasteiger partial charge is 0.423 e. The molecule has 5 rings (SSSR count). The van der Waals surface area contributed by atoms with Crippen LogP contribution < -0.4 is 18.9 Å². The van der Waals surface area contributed by atoms with E-state index in [9.17, 15) is 24.0 Å². The summed E-state index contributed by atoms with van der Waals surface area (Å²) in [6.07, 6.45) is 0.116. The first-order valence-electron chi connectivity index (χ1n) is 14.9. The highest BCUT2D eigenvalue weighted by Gasteiger charge is 2.19. The van der Waals surface area contributed by atoms with E-state index in [0.717, 1.165) is 10.8 Å². The van der Waals surface area contributed by atoms with E-state index in [4.69, 9.17) is 18.9 Å². The van der Waals surface area contributed by atoms with Crippen molar-refractivity contribution in [3.8, 4) is 23.0 Å². The Kier molecular flexibility index (Phi) is 9.61. The third-order valence-electron chi connectivity index (χ3n) is 7.20. The fraction of sp³-hybridized carbons (Fsp3) is 0.103. The Morgan fingerprint density at radius 2 is 0.938 bits per heavy atom. The molecule has 0 unspecified atom stereocenters. The maximum absolute atomic E-state index is 13.1. The molecule has 5 aromatic carbocycles. The van der Waals surface area contributed by atoms with E-state index in [-0.39, 0.29) is 51.5 Å². The van der Waals surface area contributed by atoms with Gasteiger partial charge in [0.1, 0.15) is 23.0 Å². The second-order valence-corrected chi connectivity index (χ2v) is 11.0. The molecule has 5 aromatic rings. The molecule has 0 saturated heterocycles. The minimum atomic E-state index is -0.696. The first kappa shape index (κ1) is 33.0. The Morgan fingerprint density at radius 1 is 0.521 bits per heavy atom. The van der Waals surface area contributed by atoms with E-state index in [0.29, 0.717) is 22.3 Å². The third kappa shape index (κ3) is 7.54. The fourth-order valence-electron chi connectivity index (χ4n) is 4.61. The molecule has 240 valence electrons. The van der Waals surface area contributed by atoms with Gasteiger partial charge in [0.15, 0.2) is 5.78 Å². The summed E-state index contributed by atoms with van der Waals surface area (Å²) in [5, 5.41) is 2.88. The van der Waals surface area contributed by atoms with Crippen molar-refractivity contribution in [2.75, 3.05) is 0 Å². The average Bonchev–Trinajstić information content (AvgIpc) is 3.07. The molecule has 0 atom stereocenters. The smallest absolute Gasteiger partial charge is 0.343 e. The molecule has 0 heterocycles. The van der Waals surface area contributed by atoms with Crippen molar-refractivity contribution >= 4 is 51.2 Å². The minimum absolute atomic E-state index is 0.0164. The molecule has 0 amide bonds. The number of rotatable bonds is 10. The van der Waals surface area contributed by atoms with Gasteiger partial charge in [-0.15, -0.1) is 0 Å². The molecule has 9 heteroatoms. The van der Waals surface area contributed by atoms with Crippen molar-refractivity contribution in [1.82, 2.24) is 0 Å². The van der Waals surface area contributed by atoms with Crippen LogP contribution in [0.3, 0.4) is 0 Å². The van der Waals surface area contributed by atoms with Crippen molar-refractivity contribution in [3.05, 3.63) is 132 Å². The van der Waals surface area contributed by atoms with E-state index in [1.54, 1.807) is 93.6 Å². The first-order valence-corrected chi connectivity index (χ1v) is 14.9. The predicted molar refractivity (Wildman–Crippen MR) is 180 cm³/mol. The number of carbonyl (C=O) groups excluding carboxylic acids is 5. The van der Waals surface area contributed by atoms with Crippen LogP contribution in [0.25, 0.3) is 21.5 Å². The van der Waals surface area contributed by atoms with Crippen LogP contribution in [0.4, 0.5) is 0 Å². The lowest BCUT2D eigenvalue weighted by molar-refractivity contribution is -0.130. The molecular formula is C39H30O9. The molecule has 0 spiro atoms. The van der Waals surface area contributed by atoms with E-state index < -0.39 is 23.9 Å². The van der Waals surface area contributed by atoms with Crippen LogP contribution in [0.2, 0.25) is 0 Å². The lowest BCUT2D eigenvalue weighted by atomic mass is 10.1. The van der Waals surface area contributed by atoms with Crippen LogP contribution in [-0.2, 0) is 9.59 Å². The van der Waals surface area contributed by atoms with Crippen LogP contribution in [0.5, 0.6) is 23.0 Å². The summed E-state index contributed by atoms with van der Waals surface area (Å²) in [7, 11) is 0. The van der Waals surface area contributed by atoms with Gasteiger partial charge in [-0.2, -0.15) is 0 Å². The molecule has 0 radical (unpaired) electrons. The van der Waals surface area contributed by atoms with Gasteiger partial charge < -0.3 is 18.9 Å². The molecular weight excluding hydrogens is 612 g/mol. The summed E-state index contributed by atoms with van der Waals surface area (Å²) in [5.74, 6) is -1.96. The normalized spacial score (nSPS) is 10.6. The van der Waals surface area contributed by atoms with Crippen LogP contribution in [-0.4, -0.2) is 29.7 Å². The topological polar surface area (TPSA) is 122 Å². The summed E-state index contributed by atoms with van der Waals surface area (Å²) >= 11 is 0. The molecule has 0 saturated carbocycles. The Bertz CT molecular complexity index is 2170. The van der Waals surface area contributed by atoms with Gasteiger partial charge in [0.2, 0.25) is 0 Å². The van der Waals surface area contributed by atoms with Gasteiger partial charge in [-0.25, -0.2) is 19.2 Å². The highest BCUT2D eigenvalue weighted by atomic mass is 16.5.